The molecule has 4 heteroatoms. The first-order valence-electron chi connectivity index (χ1n) is 5.35. The number of halogens is 1. The minimum Gasteiger partial charge on any atom is -0.495 e. The van der Waals surface area contributed by atoms with E-state index >= 15 is 0 Å². The highest BCUT2D eigenvalue weighted by atomic mass is 19.1. The predicted molar refractivity (Wildman–Crippen MR) is 67.2 cm³/mol. The van der Waals surface area contributed by atoms with E-state index in [2.05, 4.69) is 0 Å². The molecule has 0 saturated heterocycles. The first-order valence-corrected chi connectivity index (χ1v) is 5.35. The normalized spacial score (nSPS) is 10.1. The molecule has 92 valence electrons. The fourth-order valence-corrected chi connectivity index (χ4v) is 1.67. The predicted octanol–water partition coefficient (Wildman–Crippen LogP) is 2.65. The zero-order valence-electron chi connectivity index (χ0n) is 9.81. The van der Waals surface area contributed by atoms with Crippen molar-refractivity contribution in [1.29, 1.82) is 0 Å². The number of hydrogen-bond acceptors (Lipinski definition) is 3. The van der Waals surface area contributed by atoms with Gasteiger partial charge in [-0.15, -0.1) is 0 Å². The van der Waals surface area contributed by atoms with Crippen LogP contribution in [-0.2, 0) is 0 Å². The van der Waals surface area contributed by atoms with Crippen molar-refractivity contribution in [3.63, 3.8) is 0 Å². The second-order valence-corrected chi connectivity index (χ2v) is 3.80. The van der Waals surface area contributed by atoms with Gasteiger partial charge in [0.1, 0.15) is 11.6 Å². The molecule has 2 aromatic carbocycles. The van der Waals surface area contributed by atoms with Gasteiger partial charge in [0.25, 0.3) is 0 Å². The number of benzene rings is 2. The van der Waals surface area contributed by atoms with Gasteiger partial charge in [-0.25, -0.2) is 4.39 Å². The smallest absolute Gasteiger partial charge is 0.193 e. The van der Waals surface area contributed by atoms with E-state index in [9.17, 15) is 9.18 Å². The van der Waals surface area contributed by atoms with Gasteiger partial charge >= 0.3 is 0 Å². The van der Waals surface area contributed by atoms with Crippen molar-refractivity contribution in [2.24, 2.45) is 0 Å². The summed E-state index contributed by atoms with van der Waals surface area (Å²) in [7, 11) is 1.50. The van der Waals surface area contributed by atoms with Crippen molar-refractivity contribution in [2.45, 2.75) is 0 Å². The maximum Gasteiger partial charge on any atom is 0.193 e. The van der Waals surface area contributed by atoms with Gasteiger partial charge in [0.05, 0.1) is 12.8 Å². The highest BCUT2D eigenvalue weighted by Crippen LogP contribution is 2.23. The number of carbonyl (C=O) groups is 1. The SMILES string of the molecule is COc1ccc(C(=O)c2cccc(F)c2)cc1N. The molecule has 18 heavy (non-hydrogen) atoms. The summed E-state index contributed by atoms with van der Waals surface area (Å²) in [6, 6.07) is 10.3. The summed E-state index contributed by atoms with van der Waals surface area (Å²) in [6.07, 6.45) is 0. The second kappa shape index (κ2) is 4.87. The molecule has 0 saturated carbocycles. The molecule has 0 aliphatic rings. The van der Waals surface area contributed by atoms with Crippen LogP contribution in [0.15, 0.2) is 42.5 Å². The third kappa shape index (κ3) is 2.32. The van der Waals surface area contributed by atoms with E-state index in [0.717, 1.165) is 0 Å². The summed E-state index contributed by atoms with van der Waals surface area (Å²) in [4.78, 5) is 12.1. The number of carbonyl (C=O) groups excluding carboxylic acids is 1. The molecule has 0 amide bonds. The molecule has 0 aromatic heterocycles. The molecule has 3 nitrogen and oxygen atoms in total. The van der Waals surface area contributed by atoms with E-state index in [1.165, 1.54) is 31.4 Å². The lowest BCUT2D eigenvalue weighted by molar-refractivity contribution is 0.103. The van der Waals surface area contributed by atoms with Crippen LogP contribution < -0.4 is 10.5 Å². The second-order valence-electron chi connectivity index (χ2n) is 3.80. The molecule has 2 aromatic rings. The number of ether oxygens (including phenoxy) is 1. The van der Waals surface area contributed by atoms with Gasteiger partial charge in [0.15, 0.2) is 5.78 Å². The van der Waals surface area contributed by atoms with E-state index < -0.39 is 5.82 Å². The molecule has 0 spiro atoms. The maximum atomic E-state index is 13.0. The molecular weight excluding hydrogens is 233 g/mol. The molecule has 0 unspecified atom stereocenters. The van der Waals surface area contributed by atoms with E-state index in [-0.39, 0.29) is 5.78 Å². The fourth-order valence-electron chi connectivity index (χ4n) is 1.67. The summed E-state index contributed by atoms with van der Waals surface area (Å²) in [5.41, 5.74) is 6.79. The Morgan fingerprint density at radius 1 is 1.17 bits per heavy atom. The fraction of sp³-hybridized carbons (Fsp3) is 0.0714. The zero-order valence-corrected chi connectivity index (χ0v) is 9.81. The Bertz CT molecular complexity index is 596. The van der Waals surface area contributed by atoms with Crippen molar-refractivity contribution in [1.82, 2.24) is 0 Å². The minimum atomic E-state index is -0.442. The molecule has 0 atom stereocenters. The highest BCUT2D eigenvalue weighted by Gasteiger charge is 2.11. The van der Waals surface area contributed by atoms with Crippen LogP contribution in [-0.4, -0.2) is 12.9 Å². The Kier molecular flexibility index (Phi) is 3.28. The Hall–Kier alpha value is -2.36. The Labute approximate surface area is 104 Å². The Morgan fingerprint density at radius 3 is 2.50 bits per heavy atom. The maximum absolute atomic E-state index is 13.0. The number of hydrogen-bond donors (Lipinski definition) is 1. The standard InChI is InChI=1S/C14H12FNO2/c1-18-13-6-5-10(8-12(13)16)14(17)9-3-2-4-11(15)7-9/h2-8H,16H2,1H3. The first-order chi connectivity index (χ1) is 8.61. The lowest BCUT2D eigenvalue weighted by Gasteiger charge is -2.06. The topological polar surface area (TPSA) is 52.3 Å². The monoisotopic (exact) mass is 245 g/mol. The molecule has 2 rings (SSSR count). The number of nitrogen functional groups attached to an aromatic ring is 1. The van der Waals surface area contributed by atoms with Crippen molar-refractivity contribution < 1.29 is 13.9 Å². The third-order valence-electron chi connectivity index (χ3n) is 2.58. The van der Waals surface area contributed by atoms with Crippen LogP contribution in [0.25, 0.3) is 0 Å². The van der Waals surface area contributed by atoms with Gasteiger partial charge in [-0.05, 0) is 30.3 Å². The number of nitrogens with two attached hydrogens (primary N) is 1. The summed E-state index contributed by atoms with van der Waals surface area (Å²) in [5.74, 6) is -0.211. The van der Waals surface area contributed by atoms with E-state index in [4.69, 9.17) is 10.5 Å². The number of methoxy groups -OCH3 is 1. The summed E-state index contributed by atoms with van der Waals surface area (Å²) in [5, 5.41) is 0. The average Bonchev–Trinajstić information content (AvgIpc) is 2.37. The largest absolute Gasteiger partial charge is 0.495 e. The van der Waals surface area contributed by atoms with E-state index in [1.807, 2.05) is 0 Å². The number of anilines is 1. The van der Waals surface area contributed by atoms with Crippen LogP contribution >= 0.6 is 0 Å². The van der Waals surface area contributed by atoms with Crippen molar-refractivity contribution in [2.75, 3.05) is 12.8 Å². The average molecular weight is 245 g/mol. The van der Waals surface area contributed by atoms with Crippen molar-refractivity contribution in [3.05, 3.63) is 59.4 Å². The molecule has 0 heterocycles. The molecular formula is C14H12FNO2. The molecule has 0 aliphatic carbocycles. The summed E-state index contributed by atoms with van der Waals surface area (Å²) < 4.78 is 18.1. The van der Waals surface area contributed by atoms with Crippen molar-refractivity contribution in [3.8, 4) is 5.75 Å². The van der Waals surface area contributed by atoms with Gasteiger partial charge in [0, 0.05) is 11.1 Å². The summed E-state index contributed by atoms with van der Waals surface area (Å²) >= 11 is 0. The molecule has 0 radical (unpaired) electrons. The quantitative estimate of drug-likeness (QED) is 0.668. The van der Waals surface area contributed by atoms with Crippen LogP contribution in [0.1, 0.15) is 15.9 Å². The molecule has 0 aliphatic heterocycles. The van der Waals surface area contributed by atoms with Crippen LogP contribution in [0.5, 0.6) is 5.75 Å². The van der Waals surface area contributed by atoms with Gasteiger partial charge in [0.2, 0.25) is 0 Å². The lowest BCUT2D eigenvalue weighted by Crippen LogP contribution is -2.03. The van der Waals surface area contributed by atoms with Crippen LogP contribution in [0, 0.1) is 5.82 Å². The third-order valence-corrected chi connectivity index (χ3v) is 2.58. The van der Waals surface area contributed by atoms with Crippen LogP contribution in [0.2, 0.25) is 0 Å². The molecule has 0 bridgehead atoms. The minimum absolute atomic E-state index is 0.274. The van der Waals surface area contributed by atoms with Crippen LogP contribution in [0.4, 0.5) is 10.1 Å². The Morgan fingerprint density at radius 2 is 1.89 bits per heavy atom. The van der Waals surface area contributed by atoms with Gasteiger partial charge in [-0.3, -0.25) is 4.79 Å². The Balaban J connectivity index is 2.37. The molecule has 2 N–H and O–H groups in total. The van der Waals surface area contributed by atoms with Gasteiger partial charge < -0.3 is 10.5 Å². The summed E-state index contributed by atoms with van der Waals surface area (Å²) in [6.45, 7) is 0. The van der Waals surface area contributed by atoms with Crippen LogP contribution in [0.3, 0.4) is 0 Å². The van der Waals surface area contributed by atoms with Gasteiger partial charge in [-0.2, -0.15) is 0 Å². The first kappa shape index (κ1) is 12.1. The lowest BCUT2D eigenvalue weighted by atomic mass is 10.0. The van der Waals surface area contributed by atoms with Gasteiger partial charge in [-0.1, -0.05) is 12.1 Å². The molecule has 0 fully saturated rings. The van der Waals surface area contributed by atoms with E-state index in [1.54, 1.807) is 18.2 Å². The highest BCUT2D eigenvalue weighted by molar-refractivity contribution is 6.09. The number of rotatable bonds is 3. The van der Waals surface area contributed by atoms with E-state index in [0.29, 0.717) is 22.6 Å². The zero-order chi connectivity index (χ0) is 13.1. The van der Waals surface area contributed by atoms with Crippen molar-refractivity contribution >= 4 is 11.5 Å². The number of ketones is 1.